The van der Waals surface area contributed by atoms with E-state index in [0.717, 1.165) is 13.1 Å². The van der Waals surface area contributed by atoms with Gasteiger partial charge in [-0.15, -0.1) is 0 Å². The minimum Gasteiger partial charge on any atom is -0.374 e. The molecule has 2 N–H and O–H groups in total. The predicted molar refractivity (Wildman–Crippen MR) is 80.5 cm³/mol. The second-order valence-corrected chi connectivity index (χ2v) is 5.99. The van der Waals surface area contributed by atoms with Crippen molar-refractivity contribution in [1.29, 1.82) is 0 Å². The second-order valence-electron chi connectivity index (χ2n) is 5.99. The zero-order chi connectivity index (χ0) is 13.2. The topological polar surface area (TPSA) is 32.5 Å². The summed E-state index contributed by atoms with van der Waals surface area (Å²) in [5.74, 6) is 0. The standard InChI is InChI=1S/C16H25N3/c1-18-8-2-4-14-10-13(6-7-16(14)18)12-19-9-3-5-15(19)11-17/h6-7,10,15H,2-5,8-9,11-12,17H2,1H3. The van der Waals surface area contributed by atoms with E-state index in [1.807, 2.05) is 0 Å². The van der Waals surface area contributed by atoms with Gasteiger partial charge in [-0.1, -0.05) is 12.1 Å². The van der Waals surface area contributed by atoms with Gasteiger partial charge in [-0.05, 0) is 49.4 Å². The Morgan fingerprint density at radius 2 is 2.16 bits per heavy atom. The van der Waals surface area contributed by atoms with Crippen LogP contribution in [0.15, 0.2) is 18.2 Å². The van der Waals surface area contributed by atoms with Crippen molar-refractivity contribution in [2.24, 2.45) is 5.73 Å². The number of anilines is 1. The first-order valence-corrected chi connectivity index (χ1v) is 7.55. The molecule has 0 bridgehead atoms. The van der Waals surface area contributed by atoms with Gasteiger partial charge in [-0.2, -0.15) is 0 Å². The summed E-state index contributed by atoms with van der Waals surface area (Å²) in [6.07, 6.45) is 5.08. The minimum absolute atomic E-state index is 0.596. The summed E-state index contributed by atoms with van der Waals surface area (Å²) in [7, 11) is 2.20. The van der Waals surface area contributed by atoms with Crippen molar-refractivity contribution in [2.45, 2.75) is 38.3 Å². The van der Waals surface area contributed by atoms with Crippen molar-refractivity contribution in [3.63, 3.8) is 0 Å². The zero-order valence-electron chi connectivity index (χ0n) is 11.9. The van der Waals surface area contributed by atoms with Gasteiger partial charge in [0.2, 0.25) is 0 Å². The van der Waals surface area contributed by atoms with Gasteiger partial charge in [0.25, 0.3) is 0 Å². The number of likely N-dealkylation sites (tertiary alicyclic amines) is 1. The van der Waals surface area contributed by atoms with Crippen LogP contribution in [0.3, 0.4) is 0 Å². The monoisotopic (exact) mass is 259 g/mol. The van der Waals surface area contributed by atoms with Crippen LogP contribution in [-0.2, 0) is 13.0 Å². The smallest absolute Gasteiger partial charge is 0.0396 e. The summed E-state index contributed by atoms with van der Waals surface area (Å²) >= 11 is 0. The lowest BCUT2D eigenvalue weighted by Gasteiger charge is -2.29. The van der Waals surface area contributed by atoms with Gasteiger partial charge < -0.3 is 10.6 Å². The third-order valence-corrected chi connectivity index (χ3v) is 4.65. The fourth-order valence-corrected chi connectivity index (χ4v) is 3.54. The number of hydrogen-bond acceptors (Lipinski definition) is 3. The molecule has 3 rings (SSSR count). The van der Waals surface area contributed by atoms with Crippen LogP contribution in [0.5, 0.6) is 0 Å². The van der Waals surface area contributed by atoms with E-state index in [1.165, 1.54) is 55.6 Å². The highest BCUT2D eigenvalue weighted by Crippen LogP contribution is 2.28. The Morgan fingerprint density at radius 1 is 1.26 bits per heavy atom. The number of fused-ring (bicyclic) bond motifs is 1. The Bertz CT molecular complexity index is 444. The number of rotatable bonds is 3. The molecule has 1 aromatic rings. The summed E-state index contributed by atoms with van der Waals surface area (Å²) in [5.41, 5.74) is 10.3. The Hall–Kier alpha value is -1.06. The molecule has 19 heavy (non-hydrogen) atoms. The lowest BCUT2D eigenvalue weighted by Crippen LogP contribution is -2.35. The van der Waals surface area contributed by atoms with Crippen molar-refractivity contribution in [1.82, 2.24) is 4.90 Å². The zero-order valence-corrected chi connectivity index (χ0v) is 11.9. The van der Waals surface area contributed by atoms with Gasteiger partial charge >= 0.3 is 0 Å². The van der Waals surface area contributed by atoms with Gasteiger partial charge in [0.15, 0.2) is 0 Å². The number of hydrogen-bond donors (Lipinski definition) is 1. The highest BCUT2D eigenvalue weighted by molar-refractivity contribution is 5.56. The predicted octanol–water partition coefficient (Wildman–Crippen LogP) is 1.99. The van der Waals surface area contributed by atoms with Crippen molar-refractivity contribution in [3.8, 4) is 0 Å². The molecule has 0 saturated carbocycles. The molecular weight excluding hydrogens is 234 g/mol. The van der Waals surface area contributed by atoms with Gasteiger partial charge in [0.1, 0.15) is 0 Å². The molecule has 3 nitrogen and oxygen atoms in total. The average Bonchev–Trinajstić information content (AvgIpc) is 2.86. The van der Waals surface area contributed by atoms with Gasteiger partial charge in [0.05, 0.1) is 0 Å². The van der Waals surface area contributed by atoms with Crippen LogP contribution in [-0.4, -0.2) is 37.6 Å². The lowest BCUT2D eigenvalue weighted by molar-refractivity contribution is 0.250. The summed E-state index contributed by atoms with van der Waals surface area (Å²) in [5, 5.41) is 0. The molecule has 2 aliphatic rings. The molecule has 3 heteroatoms. The van der Waals surface area contributed by atoms with Crippen LogP contribution >= 0.6 is 0 Å². The van der Waals surface area contributed by atoms with Crippen molar-refractivity contribution < 1.29 is 0 Å². The molecule has 0 radical (unpaired) electrons. The van der Waals surface area contributed by atoms with Crippen molar-refractivity contribution in [3.05, 3.63) is 29.3 Å². The Kier molecular flexibility index (Phi) is 3.76. The normalized spacial score (nSPS) is 23.7. The van der Waals surface area contributed by atoms with Crippen molar-refractivity contribution in [2.75, 3.05) is 31.6 Å². The van der Waals surface area contributed by atoms with Crippen LogP contribution in [0.2, 0.25) is 0 Å². The van der Waals surface area contributed by atoms with E-state index in [9.17, 15) is 0 Å². The maximum absolute atomic E-state index is 5.86. The Morgan fingerprint density at radius 3 is 3.00 bits per heavy atom. The number of benzene rings is 1. The number of aryl methyl sites for hydroxylation is 1. The van der Waals surface area contributed by atoms with Crippen LogP contribution < -0.4 is 10.6 Å². The van der Waals surface area contributed by atoms with Crippen LogP contribution in [0, 0.1) is 0 Å². The van der Waals surface area contributed by atoms with Gasteiger partial charge in [-0.3, -0.25) is 4.90 Å². The molecular formula is C16H25N3. The van der Waals surface area contributed by atoms with E-state index in [-0.39, 0.29) is 0 Å². The summed E-state index contributed by atoms with van der Waals surface area (Å²) < 4.78 is 0. The molecule has 0 spiro atoms. The quantitative estimate of drug-likeness (QED) is 0.901. The molecule has 1 aromatic carbocycles. The highest BCUT2D eigenvalue weighted by atomic mass is 15.2. The third-order valence-electron chi connectivity index (χ3n) is 4.65. The molecule has 1 saturated heterocycles. The van der Waals surface area contributed by atoms with Crippen LogP contribution in [0.4, 0.5) is 5.69 Å². The van der Waals surface area contributed by atoms with E-state index < -0.39 is 0 Å². The average molecular weight is 259 g/mol. The molecule has 104 valence electrons. The second kappa shape index (κ2) is 5.51. The summed E-state index contributed by atoms with van der Waals surface area (Å²) in [6.45, 7) is 4.26. The van der Waals surface area contributed by atoms with E-state index in [2.05, 4.69) is 35.0 Å². The molecule has 2 aliphatic heterocycles. The molecule has 1 fully saturated rings. The van der Waals surface area contributed by atoms with E-state index >= 15 is 0 Å². The molecule has 0 amide bonds. The molecule has 0 aliphatic carbocycles. The first-order chi connectivity index (χ1) is 9.28. The summed E-state index contributed by atoms with van der Waals surface area (Å²) in [4.78, 5) is 4.93. The highest BCUT2D eigenvalue weighted by Gasteiger charge is 2.23. The van der Waals surface area contributed by atoms with Crippen LogP contribution in [0.25, 0.3) is 0 Å². The maximum Gasteiger partial charge on any atom is 0.0396 e. The van der Waals surface area contributed by atoms with Crippen molar-refractivity contribution >= 4 is 5.69 Å². The largest absolute Gasteiger partial charge is 0.374 e. The van der Waals surface area contributed by atoms with Gasteiger partial charge in [0, 0.05) is 38.4 Å². The third kappa shape index (κ3) is 2.63. The van der Waals surface area contributed by atoms with E-state index in [4.69, 9.17) is 5.73 Å². The maximum atomic E-state index is 5.86. The summed E-state index contributed by atoms with van der Waals surface area (Å²) in [6, 6.07) is 7.61. The first kappa shape index (κ1) is 12.9. The molecule has 1 unspecified atom stereocenters. The number of nitrogens with zero attached hydrogens (tertiary/aromatic N) is 2. The van der Waals surface area contributed by atoms with E-state index in [1.54, 1.807) is 0 Å². The lowest BCUT2D eigenvalue weighted by atomic mass is 9.99. The Balaban J connectivity index is 1.75. The Labute approximate surface area is 116 Å². The minimum atomic E-state index is 0.596. The molecule has 0 aromatic heterocycles. The van der Waals surface area contributed by atoms with Crippen LogP contribution in [0.1, 0.15) is 30.4 Å². The fourth-order valence-electron chi connectivity index (χ4n) is 3.54. The van der Waals surface area contributed by atoms with Gasteiger partial charge in [-0.25, -0.2) is 0 Å². The number of nitrogens with two attached hydrogens (primary N) is 1. The van der Waals surface area contributed by atoms with E-state index in [0.29, 0.717) is 6.04 Å². The molecule has 1 atom stereocenters. The first-order valence-electron chi connectivity index (χ1n) is 7.55. The molecule has 2 heterocycles. The SMILES string of the molecule is CN1CCCc2cc(CN3CCCC3CN)ccc21. The fraction of sp³-hybridized carbons (Fsp3) is 0.625.